The molecule has 1 N–H and O–H groups in total. The maximum Gasteiger partial charge on any atom is 0.276 e. The van der Waals surface area contributed by atoms with Crippen molar-refractivity contribution in [2.75, 3.05) is 26.3 Å². The Morgan fingerprint density at radius 2 is 1.89 bits per heavy atom. The van der Waals surface area contributed by atoms with Crippen molar-refractivity contribution in [3.63, 3.8) is 0 Å². The Bertz CT molecular complexity index is 396. The van der Waals surface area contributed by atoms with Crippen LogP contribution in [0.25, 0.3) is 0 Å². The average Bonchev–Trinajstić information content (AvgIpc) is 2.35. The van der Waals surface area contributed by atoms with Gasteiger partial charge in [-0.2, -0.15) is 0 Å². The van der Waals surface area contributed by atoms with Gasteiger partial charge in [0.1, 0.15) is 18.1 Å². The molecule has 1 rings (SSSR count). The van der Waals surface area contributed by atoms with E-state index >= 15 is 0 Å². The van der Waals surface area contributed by atoms with Gasteiger partial charge < -0.3 is 14.8 Å². The number of hydrogen-bond donors (Lipinski definition) is 1. The van der Waals surface area contributed by atoms with Gasteiger partial charge in [0, 0.05) is 12.6 Å². The van der Waals surface area contributed by atoms with E-state index in [1.54, 1.807) is 6.07 Å². The summed E-state index contributed by atoms with van der Waals surface area (Å²) >= 11 is 0. The Morgan fingerprint density at radius 1 is 1.22 bits per heavy atom. The fourth-order valence-electron chi connectivity index (χ4n) is 1.41. The third kappa shape index (κ3) is 4.58. The number of non-ortho nitro benzene ring substituents is 1. The van der Waals surface area contributed by atoms with Crippen LogP contribution in [-0.4, -0.2) is 31.2 Å². The third-order valence-electron chi connectivity index (χ3n) is 2.18. The van der Waals surface area contributed by atoms with E-state index < -0.39 is 4.92 Å². The summed E-state index contributed by atoms with van der Waals surface area (Å²) in [6.07, 6.45) is 0. The first-order valence-corrected chi connectivity index (χ1v) is 5.93. The van der Waals surface area contributed by atoms with E-state index in [1.807, 2.05) is 13.8 Å². The number of benzene rings is 1. The van der Waals surface area contributed by atoms with Gasteiger partial charge >= 0.3 is 0 Å². The Kier molecular flexibility index (Phi) is 5.93. The van der Waals surface area contributed by atoms with Crippen molar-refractivity contribution >= 4 is 5.69 Å². The van der Waals surface area contributed by atoms with Crippen LogP contribution in [0.3, 0.4) is 0 Å². The highest BCUT2D eigenvalue weighted by molar-refractivity contribution is 5.46. The van der Waals surface area contributed by atoms with Crippen molar-refractivity contribution < 1.29 is 14.4 Å². The van der Waals surface area contributed by atoms with Gasteiger partial charge in [-0.3, -0.25) is 10.1 Å². The first-order chi connectivity index (χ1) is 8.67. The van der Waals surface area contributed by atoms with Gasteiger partial charge in [0.05, 0.1) is 23.7 Å². The Labute approximate surface area is 106 Å². The van der Waals surface area contributed by atoms with Crippen LogP contribution in [0.15, 0.2) is 18.2 Å². The molecular formula is C12H18N2O4. The highest BCUT2D eigenvalue weighted by Gasteiger charge is 2.11. The number of nitro groups is 1. The molecule has 0 amide bonds. The quantitative estimate of drug-likeness (QED) is 0.436. The van der Waals surface area contributed by atoms with Gasteiger partial charge in [0.15, 0.2) is 0 Å². The lowest BCUT2D eigenvalue weighted by molar-refractivity contribution is -0.385. The molecule has 0 aliphatic heterocycles. The molecule has 18 heavy (non-hydrogen) atoms. The summed E-state index contributed by atoms with van der Waals surface area (Å²) in [5, 5.41) is 13.9. The molecule has 100 valence electrons. The predicted octanol–water partition coefficient (Wildman–Crippen LogP) is 1.98. The van der Waals surface area contributed by atoms with Crippen molar-refractivity contribution in [3.05, 3.63) is 28.3 Å². The number of nitrogens with zero attached hydrogens (tertiary/aromatic N) is 1. The molecule has 0 aliphatic rings. The monoisotopic (exact) mass is 254 g/mol. The second-order valence-corrected chi connectivity index (χ2v) is 3.55. The van der Waals surface area contributed by atoms with Crippen LogP contribution < -0.4 is 14.8 Å². The van der Waals surface area contributed by atoms with Crippen molar-refractivity contribution in [1.29, 1.82) is 0 Å². The molecule has 0 unspecified atom stereocenters. The summed E-state index contributed by atoms with van der Waals surface area (Å²) in [6, 6.07) is 4.44. The van der Waals surface area contributed by atoms with Gasteiger partial charge in [-0.05, 0) is 13.5 Å². The lowest BCUT2D eigenvalue weighted by Crippen LogP contribution is -2.20. The van der Waals surface area contributed by atoms with E-state index in [9.17, 15) is 10.1 Å². The number of ether oxygens (including phenoxy) is 2. The fourth-order valence-corrected chi connectivity index (χ4v) is 1.41. The predicted molar refractivity (Wildman–Crippen MR) is 68.3 cm³/mol. The van der Waals surface area contributed by atoms with Gasteiger partial charge in [0.2, 0.25) is 0 Å². The number of nitro benzene ring substituents is 1. The minimum atomic E-state index is -0.459. The third-order valence-corrected chi connectivity index (χ3v) is 2.18. The summed E-state index contributed by atoms with van der Waals surface area (Å²) in [5.41, 5.74) is -0.0283. The molecule has 1 aromatic carbocycles. The zero-order chi connectivity index (χ0) is 13.4. The second kappa shape index (κ2) is 7.50. The van der Waals surface area contributed by atoms with E-state index in [-0.39, 0.29) is 5.69 Å². The van der Waals surface area contributed by atoms with Crippen molar-refractivity contribution in [2.24, 2.45) is 0 Å². The van der Waals surface area contributed by atoms with Gasteiger partial charge in [0.25, 0.3) is 5.69 Å². The van der Waals surface area contributed by atoms with E-state index in [0.717, 1.165) is 6.54 Å². The molecule has 0 saturated heterocycles. The van der Waals surface area contributed by atoms with Crippen molar-refractivity contribution in [2.45, 2.75) is 13.8 Å². The molecule has 0 saturated carbocycles. The normalized spacial score (nSPS) is 10.1. The molecule has 0 bridgehead atoms. The molecule has 0 radical (unpaired) electrons. The summed E-state index contributed by atoms with van der Waals surface area (Å²) in [5.74, 6) is 0.899. The standard InChI is InChI=1S/C12H18N2O4/c1-3-13-5-6-18-12-8-10(14(15)16)7-11(9-12)17-4-2/h7-9,13H,3-6H2,1-2H3. The smallest absolute Gasteiger partial charge is 0.276 e. The zero-order valence-corrected chi connectivity index (χ0v) is 10.6. The van der Waals surface area contributed by atoms with Crippen molar-refractivity contribution in [1.82, 2.24) is 5.32 Å². The SMILES string of the molecule is CCNCCOc1cc(OCC)cc([N+](=O)[O-])c1. The van der Waals surface area contributed by atoms with Crippen LogP contribution in [0.2, 0.25) is 0 Å². The van der Waals surface area contributed by atoms with Crippen LogP contribution >= 0.6 is 0 Å². The van der Waals surface area contributed by atoms with Crippen molar-refractivity contribution in [3.8, 4) is 11.5 Å². The largest absolute Gasteiger partial charge is 0.493 e. The number of likely N-dealkylation sites (N-methyl/N-ethyl adjacent to an activating group) is 1. The summed E-state index contributed by atoms with van der Waals surface area (Å²) < 4.78 is 10.7. The molecule has 0 aliphatic carbocycles. The Balaban J connectivity index is 2.72. The maximum atomic E-state index is 10.8. The van der Waals surface area contributed by atoms with Gasteiger partial charge in [-0.1, -0.05) is 6.92 Å². The minimum Gasteiger partial charge on any atom is -0.493 e. The number of hydrogen-bond acceptors (Lipinski definition) is 5. The van der Waals surface area contributed by atoms with E-state index in [1.165, 1.54) is 12.1 Å². The molecular weight excluding hydrogens is 236 g/mol. The summed E-state index contributed by atoms with van der Waals surface area (Å²) in [4.78, 5) is 10.3. The second-order valence-electron chi connectivity index (χ2n) is 3.55. The summed E-state index contributed by atoms with van der Waals surface area (Å²) in [6.45, 7) is 6.30. The maximum absolute atomic E-state index is 10.8. The molecule has 1 aromatic rings. The van der Waals surface area contributed by atoms with Crippen LogP contribution in [0.5, 0.6) is 11.5 Å². The van der Waals surface area contributed by atoms with Gasteiger partial charge in [-0.25, -0.2) is 0 Å². The molecule has 6 nitrogen and oxygen atoms in total. The molecule has 0 spiro atoms. The number of nitrogens with one attached hydrogen (secondary N) is 1. The van der Waals surface area contributed by atoms with Crippen LogP contribution in [0, 0.1) is 10.1 Å². The van der Waals surface area contributed by atoms with E-state index in [2.05, 4.69) is 5.32 Å². The molecule has 0 atom stereocenters. The van der Waals surface area contributed by atoms with Crippen LogP contribution in [0.4, 0.5) is 5.69 Å². The average molecular weight is 254 g/mol. The molecule has 0 aromatic heterocycles. The van der Waals surface area contributed by atoms with Crippen LogP contribution in [-0.2, 0) is 0 Å². The highest BCUT2D eigenvalue weighted by atomic mass is 16.6. The van der Waals surface area contributed by atoms with Gasteiger partial charge in [-0.15, -0.1) is 0 Å². The van der Waals surface area contributed by atoms with E-state index in [0.29, 0.717) is 31.3 Å². The summed E-state index contributed by atoms with van der Waals surface area (Å²) in [7, 11) is 0. The van der Waals surface area contributed by atoms with Crippen LogP contribution in [0.1, 0.15) is 13.8 Å². The zero-order valence-electron chi connectivity index (χ0n) is 10.6. The number of rotatable bonds is 8. The topological polar surface area (TPSA) is 73.6 Å². The van der Waals surface area contributed by atoms with E-state index in [4.69, 9.17) is 9.47 Å². The lowest BCUT2D eigenvalue weighted by atomic mass is 10.3. The minimum absolute atomic E-state index is 0.0283. The first-order valence-electron chi connectivity index (χ1n) is 5.93. The Hall–Kier alpha value is -1.82. The molecule has 0 heterocycles. The molecule has 0 fully saturated rings. The first kappa shape index (κ1) is 14.2. The highest BCUT2D eigenvalue weighted by Crippen LogP contribution is 2.27. The Morgan fingerprint density at radius 3 is 2.44 bits per heavy atom. The molecule has 6 heteroatoms. The fraction of sp³-hybridized carbons (Fsp3) is 0.500. The lowest BCUT2D eigenvalue weighted by Gasteiger charge is -2.09.